The van der Waals surface area contributed by atoms with Crippen LogP contribution in [0.3, 0.4) is 0 Å². The second kappa shape index (κ2) is 6.16. The van der Waals surface area contributed by atoms with Crippen LogP contribution in [0.1, 0.15) is 11.3 Å². The average molecular weight is 367 g/mol. The number of fused-ring (bicyclic) bond motifs is 1. The molecule has 1 aliphatic heterocycles. The molecule has 3 aromatic rings. The molecule has 4 rings (SSSR count). The van der Waals surface area contributed by atoms with Gasteiger partial charge in [-0.1, -0.05) is 29.8 Å². The summed E-state index contributed by atoms with van der Waals surface area (Å²) in [5.74, 6) is 0.747. The summed E-state index contributed by atoms with van der Waals surface area (Å²) in [5, 5.41) is 13.8. The Morgan fingerprint density at radius 1 is 1.08 bits per heavy atom. The molecule has 0 atom stereocenters. The average Bonchev–Trinajstić information content (AvgIpc) is 3.20. The molecule has 0 aliphatic carbocycles. The number of nitro groups is 1. The molecule has 2 aromatic carbocycles. The lowest BCUT2D eigenvalue weighted by Gasteiger charge is -2.00. The lowest BCUT2D eigenvalue weighted by atomic mass is 10.1. The SMILES string of the molecule is O=C1Nc2ccccc2/C1=C/c1ccc(-c2ccc([N+](=O)[O-])cc2Cl)o1. The lowest BCUT2D eigenvalue weighted by molar-refractivity contribution is -0.384. The van der Waals surface area contributed by atoms with E-state index in [0.717, 1.165) is 11.3 Å². The van der Waals surface area contributed by atoms with Crippen molar-refractivity contribution >= 4 is 40.5 Å². The summed E-state index contributed by atoms with van der Waals surface area (Å²) in [6.07, 6.45) is 1.66. The number of anilines is 1. The Morgan fingerprint density at radius 3 is 2.65 bits per heavy atom. The van der Waals surface area contributed by atoms with Crippen molar-refractivity contribution in [3.63, 3.8) is 0 Å². The van der Waals surface area contributed by atoms with Gasteiger partial charge in [0.05, 0.1) is 15.5 Å². The number of amides is 1. The van der Waals surface area contributed by atoms with E-state index in [4.69, 9.17) is 16.0 Å². The Bertz CT molecular complexity index is 1080. The van der Waals surface area contributed by atoms with Crippen LogP contribution in [-0.2, 0) is 4.79 Å². The molecule has 1 amide bonds. The van der Waals surface area contributed by atoms with Gasteiger partial charge in [-0.2, -0.15) is 0 Å². The van der Waals surface area contributed by atoms with Gasteiger partial charge in [-0.05, 0) is 30.3 Å². The summed E-state index contributed by atoms with van der Waals surface area (Å²) in [7, 11) is 0. The second-order valence-corrected chi connectivity index (χ2v) is 6.09. The van der Waals surface area contributed by atoms with E-state index in [1.165, 1.54) is 18.2 Å². The lowest BCUT2D eigenvalue weighted by Crippen LogP contribution is -2.03. The minimum Gasteiger partial charge on any atom is -0.457 e. The number of non-ortho nitro benzene ring substituents is 1. The quantitative estimate of drug-likeness (QED) is 0.401. The minimum atomic E-state index is -0.510. The van der Waals surface area contributed by atoms with Crippen molar-refractivity contribution in [3.05, 3.63) is 81.1 Å². The van der Waals surface area contributed by atoms with Gasteiger partial charge in [0.1, 0.15) is 11.5 Å². The number of carbonyl (C=O) groups is 1. The fraction of sp³-hybridized carbons (Fsp3) is 0. The molecule has 0 fully saturated rings. The first-order chi connectivity index (χ1) is 12.5. The predicted octanol–water partition coefficient (Wildman–Crippen LogP) is 5.00. The van der Waals surface area contributed by atoms with Gasteiger partial charge in [0.15, 0.2) is 0 Å². The Labute approximate surface area is 152 Å². The fourth-order valence-corrected chi connectivity index (χ4v) is 3.08. The first kappa shape index (κ1) is 16.1. The highest BCUT2D eigenvalue weighted by atomic mass is 35.5. The summed E-state index contributed by atoms with van der Waals surface area (Å²) in [5.41, 5.74) is 2.53. The molecular weight excluding hydrogens is 356 g/mol. The van der Waals surface area contributed by atoms with Gasteiger partial charge in [0.25, 0.3) is 11.6 Å². The van der Waals surface area contributed by atoms with Gasteiger partial charge in [-0.3, -0.25) is 14.9 Å². The summed E-state index contributed by atoms with van der Waals surface area (Å²) in [6.45, 7) is 0. The van der Waals surface area contributed by atoms with Crippen LogP contribution in [-0.4, -0.2) is 10.8 Å². The molecule has 0 unspecified atom stereocenters. The topological polar surface area (TPSA) is 85.4 Å². The summed E-state index contributed by atoms with van der Waals surface area (Å²) in [4.78, 5) is 22.5. The zero-order valence-corrected chi connectivity index (χ0v) is 14.0. The largest absolute Gasteiger partial charge is 0.457 e. The van der Waals surface area contributed by atoms with Gasteiger partial charge in [-0.15, -0.1) is 0 Å². The first-order valence-electron chi connectivity index (χ1n) is 7.69. The van der Waals surface area contributed by atoms with Gasteiger partial charge in [0, 0.05) is 28.9 Å². The van der Waals surface area contributed by atoms with Crippen LogP contribution in [0.5, 0.6) is 0 Å². The molecule has 1 aromatic heterocycles. The Balaban J connectivity index is 1.69. The molecule has 0 saturated heterocycles. The van der Waals surface area contributed by atoms with Crippen molar-refractivity contribution < 1.29 is 14.1 Å². The number of para-hydroxylation sites is 1. The molecule has 0 radical (unpaired) electrons. The zero-order valence-electron chi connectivity index (χ0n) is 13.2. The van der Waals surface area contributed by atoms with E-state index in [-0.39, 0.29) is 16.6 Å². The number of benzene rings is 2. The molecule has 1 aliphatic rings. The number of hydrogen-bond acceptors (Lipinski definition) is 4. The predicted molar refractivity (Wildman–Crippen MR) is 98.8 cm³/mol. The van der Waals surface area contributed by atoms with Crippen molar-refractivity contribution in [1.82, 2.24) is 0 Å². The van der Waals surface area contributed by atoms with E-state index in [2.05, 4.69) is 5.32 Å². The molecule has 6 nitrogen and oxygen atoms in total. The molecule has 2 heterocycles. The fourth-order valence-electron chi connectivity index (χ4n) is 2.82. The third-order valence-electron chi connectivity index (χ3n) is 4.05. The second-order valence-electron chi connectivity index (χ2n) is 5.68. The van der Waals surface area contributed by atoms with E-state index >= 15 is 0 Å². The Hall–Kier alpha value is -3.38. The molecule has 0 bridgehead atoms. The molecule has 26 heavy (non-hydrogen) atoms. The highest BCUT2D eigenvalue weighted by Gasteiger charge is 2.24. The maximum Gasteiger partial charge on any atom is 0.270 e. The number of nitrogens with zero attached hydrogens (tertiary/aromatic N) is 1. The van der Waals surface area contributed by atoms with Gasteiger partial charge in [0.2, 0.25) is 0 Å². The van der Waals surface area contributed by atoms with Gasteiger partial charge in [-0.25, -0.2) is 0 Å². The van der Waals surface area contributed by atoms with Crippen molar-refractivity contribution in [2.24, 2.45) is 0 Å². The van der Waals surface area contributed by atoms with Gasteiger partial charge < -0.3 is 9.73 Å². The number of halogens is 1. The number of carbonyl (C=O) groups excluding carboxylic acids is 1. The van der Waals surface area contributed by atoms with E-state index < -0.39 is 4.92 Å². The first-order valence-corrected chi connectivity index (χ1v) is 8.07. The van der Waals surface area contributed by atoms with Crippen molar-refractivity contribution in [2.45, 2.75) is 0 Å². The molecule has 0 spiro atoms. The molecule has 0 saturated carbocycles. The minimum absolute atomic E-state index is 0.0909. The van der Waals surface area contributed by atoms with Crippen LogP contribution < -0.4 is 5.32 Å². The van der Waals surface area contributed by atoms with Crippen molar-refractivity contribution in [3.8, 4) is 11.3 Å². The summed E-state index contributed by atoms with van der Waals surface area (Å²) >= 11 is 6.13. The van der Waals surface area contributed by atoms with Crippen LogP contribution in [0.2, 0.25) is 5.02 Å². The van der Waals surface area contributed by atoms with Crippen LogP contribution in [0.15, 0.2) is 59.0 Å². The number of furan rings is 1. The molecular formula is C19H11ClN2O4. The smallest absolute Gasteiger partial charge is 0.270 e. The van der Waals surface area contributed by atoms with Crippen LogP contribution in [0, 0.1) is 10.1 Å². The highest BCUT2D eigenvalue weighted by molar-refractivity contribution is 6.35. The zero-order chi connectivity index (χ0) is 18.3. The van der Waals surface area contributed by atoms with Gasteiger partial charge >= 0.3 is 0 Å². The van der Waals surface area contributed by atoms with E-state index in [1.807, 2.05) is 24.3 Å². The third-order valence-corrected chi connectivity index (χ3v) is 4.37. The Kier molecular flexibility index (Phi) is 3.82. The third kappa shape index (κ3) is 2.76. The van der Waals surface area contributed by atoms with Crippen molar-refractivity contribution in [2.75, 3.05) is 5.32 Å². The normalized spacial score (nSPS) is 14.3. The molecule has 1 N–H and O–H groups in total. The maximum atomic E-state index is 12.2. The van der Waals surface area contributed by atoms with Crippen LogP contribution in [0.25, 0.3) is 23.0 Å². The number of hydrogen-bond donors (Lipinski definition) is 1. The Morgan fingerprint density at radius 2 is 1.88 bits per heavy atom. The van der Waals surface area contributed by atoms with Crippen LogP contribution >= 0.6 is 11.6 Å². The maximum absolute atomic E-state index is 12.2. The monoisotopic (exact) mass is 366 g/mol. The highest BCUT2D eigenvalue weighted by Crippen LogP contribution is 2.35. The summed E-state index contributed by atoms with van der Waals surface area (Å²) in [6, 6.07) is 15.0. The van der Waals surface area contributed by atoms with E-state index in [0.29, 0.717) is 22.7 Å². The summed E-state index contributed by atoms with van der Waals surface area (Å²) < 4.78 is 5.77. The standard InChI is InChI=1S/C19H11ClN2O4/c20-16-9-11(22(24)25)5-7-14(16)18-8-6-12(26-18)10-15-13-3-1-2-4-17(13)21-19(15)23/h1-10H,(H,21,23)/b15-10-. The molecule has 7 heteroatoms. The van der Waals surface area contributed by atoms with E-state index in [1.54, 1.807) is 18.2 Å². The van der Waals surface area contributed by atoms with E-state index in [9.17, 15) is 14.9 Å². The van der Waals surface area contributed by atoms with Crippen LogP contribution in [0.4, 0.5) is 11.4 Å². The van der Waals surface area contributed by atoms with Crippen molar-refractivity contribution in [1.29, 1.82) is 0 Å². The number of rotatable bonds is 3. The number of nitrogens with one attached hydrogen (secondary N) is 1. The molecule has 128 valence electrons. The number of nitro benzene ring substituents is 1.